The van der Waals surface area contributed by atoms with Gasteiger partial charge in [-0.05, 0) is 39.8 Å². The fourth-order valence-electron chi connectivity index (χ4n) is 2.48. The lowest BCUT2D eigenvalue weighted by Crippen LogP contribution is -2.23. The van der Waals surface area contributed by atoms with Crippen LogP contribution in [0, 0.1) is 4.64 Å². The zero-order valence-corrected chi connectivity index (χ0v) is 16.3. The molecule has 1 aromatic heterocycles. The van der Waals surface area contributed by atoms with Gasteiger partial charge in [-0.15, -0.1) is 0 Å². The van der Waals surface area contributed by atoms with Gasteiger partial charge in [0.05, 0.1) is 6.61 Å². The molecule has 26 heavy (non-hydrogen) atoms. The number of pyridine rings is 1. The molecule has 0 N–H and O–H groups in total. The Morgan fingerprint density at radius 3 is 2.35 bits per heavy atom. The number of aromatic nitrogens is 1. The van der Waals surface area contributed by atoms with Crippen molar-refractivity contribution >= 4 is 30.0 Å². The van der Waals surface area contributed by atoms with E-state index in [1.807, 2.05) is 43.7 Å². The number of esters is 1. The summed E-state index contributed by atoms with van der Waals surface area (Å²) in [5.74, 6) is -1.04. The lowest BCUT2D eigenvalue weighted by molar-refractivity contribution is -0.137. The number of carbonyl (C=O) groups excluding carboxylic acids is 2. The van der Waals surface area contributed by atoms with E-state index >= 15 is 0 Å². The molecule has 2 rings (SSSR count). The molecule has 0 aliphatic heterocycles. The van der Waals surface area contributed by atoms with Gasteiger partial charge in [0.2, 0.25) is 0 Å². The van der Waals surface area contributed by atoms with E-state index in [1.54, 1.807) is 37.3 Å². The van der Waals surface area contributed by atoms with Crippen molar-refractivity contribution in [1.29, 1.82) is 0 Å². The van der Waals surface area contributed by atoms with Gasteiger partial charge < -0.3 is 9.30 Å². The Balaban J connectivity index is 2.58. The molecular formula is C21H23NO3S. The predicted octanol–water partition coefficient (Wildman–Crippen LogP) is 4.80. The van der Waals surface area contributed by atoms with Crippen LogP contribution in [0.15, 0.2) is 54.2 Å². The lowest BCUT2D eigenvalue weighted by atomic mass is 10.0. The van der Waals surface area contributed by atoms with Crippen LogP contribution in [0.25, 0.3) is 6.08 Å². The molecule has 0 fully saturated rings. The molecule has 0 radical (unpaired) electrons. The molecule has 5 heteroatoms. The number of hydrogen-bond acceptors (Lipinski definition) is 4. The Morgan fingerprint density at radius 2 is 1.77 bits per heavy atom. The molecule has 0 atom stereocenters. The second-order valence-corrected chi connectivity index (χ2v) is 7.17. The van der Waals surface area contributed by atoms with Crippen LogP contribution in [-0.2, 0) is 15.1 Å². The number of nitrogens with zero attached hydrogens (tertiary/aromatic N) is 1. The van der Waals surface area contributed by atoms with E-state index in [1.165, 1.54) is 6.08 Å². The summed E-state index contributed by atoms with van der Waals surface area (Å²) < 4.78 is 7.58. The average Bonchev–Trinajstić information content (AvgIpc) is 2.60. The standard InChI is InChI=1S/C21H23NO3S/c1-5-25-20(24)17(18(23)15-10-7-6-8-11-15)14-16-12-9-13-22(19(16)26)21(2,3)4/h6-14H,5H2,1-4H3/b17-14-. The van der Waals surface area contributed by atoms with Crippen LogP contribution in [0.1, 0.15) is 43.6 Å². The number of benzene rings is 1. The minimum absolute atomic E-state index is 0.0317. The summed E-state index contributed by atoms with van der Waals surface area (Å²) in [5, 5.41) is 0. The minimum Gasteiger partial charge on any atom is -0.462 e. The van der Waals surface area contributed by atoms with Crippen molar-refractivity contribution in [3.8, 4) is 0 Å². The first-order valence-electron chi connectivity index (χ1n) is 8.46. The van der Waals surface area contributed by atoms with Crippen molar-refractivity contribution in [2.75, 3.05) is 6.61 Å². The van der Waals surface area contributed by atoms with Crippen molar-refractivity contribution in [2.45, 2.75) is 33.2 Å². The van der Waals surface area contributed by atoms with Crippen molar-refractivity contribution < 1.29 is 14.3 Å². The van der Waals surface area contributed by atoms with Gasteiger partial charge in [-0.1, -0.05) is 48.6 Å². The summed E-state index contributed by atoms with van der Waals surface area (Å²) in [4.78, 5) is 25.3. The summed E-state index contributed by atoms with van der Waals surface area (Å²) in [6, 6.07) is 12.3. The summed E-state index contributed by atoms with van der Waals surface area (Å²) in [5.41, 5.74) is 0.812. The van der Waals surface area contributed by atoms with Crippen LogP contribution in [0.5, 0.6) is 0 Å². The SMILES string of the molecule is CCOC(=O)/C(=C\c1cccn(C(C)(C)C)c1=S)C(=O)c1ccccc1. The molecular weight excluding hydrogens is 346 g/mol. The predicted molar refractivity (Wildman–Crippen MR) is 106 cm³/mol. The molecule has 0 amide bonds. The monoisotopic (exact) mass is 369 g/mol. The third kappa shape index (κ3) is 4.55. The number of rotatable bonds is 5. The van der Waals surface area contributed by atoms with Crippen LogP contribution >= 0.6 is 12.2 Å². The Hall–Kier alpha value is -2.53. The highest BCUT2D eigenvalue weighted by Gasteiger charge is 2.22. The summed E-state index contributed by atoms with van der Waals surface area (Å²) >= 11 is 5.57. The third-order valence-corrected chi connectivity index (χ3v) is 4.21. The van der Waals surface area contributed by atoms with Gasteiger partial charge in [0.1, 0.15) is 10.2 Å². The normalized spacial score (nSPS) is 11.9. The van der Waals surface area contributed by atoms with Crippen molar-refractivity contribution in [2.24, 2.45) is 0 Å². The first-order chi connectivity index (χ1) is 12.3. The van der Waals surface area contributed by atoms with Gasteiger partial charge in [0.15, 0.2) is 5.78 Å². The Labute approximate surface area is 159 Å². The Bertz CT molecular complexity index is 889. The van der Waals surface area contributed by atoms with Gasteiger partial charge in [0, 0.05) is 22.9 Å². The number of Topliss-reactive ketones (excluding diaryl/α,β-unsaturated/α-hetero) is 1. The number of hydrogen-bond donors (Lipinski definition) is 0. The van der Waals surface area contributed by atoms with Crippen LogP contribution < -0.4 is 0 Å². The largest absolute Gasteiger partial charge is 0.462 e. The summed E-state index contributed by atoms with van der Waals surface area (Å²) in [6.45, 7) is 8.01. The quantitative estimate of drug-likeness (QED) is 0.190. The maximum Gasteiger partial charge on any atom is 0.342 e. The molecule has 4 nitrogen and oxygen atoms in total. The first-order valence-corrected chi connectivity index (χ1v) is 8.87. The van der Waals surface area contributed by atoms with Crippen LogP contribution in [0.4, 0.5) is 0 Å². The number of ketones is 1. The molecule has 1 heterocycles. The lowest BCUT2D eigenvalue weighted by Gasteiger charge is -2.24. The molecule has 0 aliphatic carbocycles. The fraction of sp³-hybridized carbons (Fsp3) is 0.286. The summed E-state index contributed by atoms with van der Waals surface area (Å²) in [6.07, 6.45) is 3.42. The smallest absolute Gasteiger partial charge is 0.342 e. The molecule has 0 saturated heterocycles. The maximum absolute atomic E-state index is 12.8. The first kappa shape index (κ1) is 19.8. The Kier molecular flexibility index (Phi) is 6.27. The zero-order valence-electron chi connectivity index (χ0n) is 15.5. The van der Waals surface area contributed by atoms with Gasteiger partial charge in [-0.25, -0.2) is 4.79 Å². The van der Waals surface area contributed by atoms with Crippen LogP contribution in [-0.4, -0.2) is 22.9 Å². The minimum atomic E-state index is -0.651. The van der Waals surface area contributed by atoms with Crippen LogP contribution in [0.2, 0.25) is 0 Å². The molecule has 0 saturated carbocycles. The van der Waals surface area contributed by atoms with E-state index in [0.717, 1.165) is 0 Å². The highest BCUT2D eigenvalue weighted by Crippen LogP contribution is 2.20. The molecule has 0 spiro atoms. The van der Waals surface area contributed by atoms with Gasteiger partial charge >= 0.3 is 5.97 Å². The highest BCUT2D eigenvalue weighted by molar-refractivity contribution is 7.71. The molecule has 0 unspecified atom stereocenters. The third-order valence-electron chi connectivity index (χ3n) is 3.78. The molecule has 0 bridgehead atoms. The number of ether oxygens (including phenoxy) is 1. The number of carbonyl (C=O) groups is 2. The second kappa shape index (κ2) is 8.23. The van der Waals surface area contributed by atoms with Gasteiger partial charge in [-0.3, -0.25) is 4.79 Å². The molecule has 0 aliphatic rings. The van der Waals surface area contributed by atoms with E-state index in [9.17, 15) is 9.59 Å². The van der Waals surface area contributed by atoms with Gasteiger partial charge in [0.25, 0.3) is 0 Å². The van der Waals surface area contributed by atoms with Crippen molar-refractivity contribution in [3.63, 3.8) is 0 Å². The molecule has 136 valence electrons. The van der Waals surface area contributed by atoms with E-state index in [2.05, 4.69) is 0 Å². The second-order valence-electron chi connectivity index (χ2n) is 6.78. The van der Waals surface area contributed by atoms with Crippen LogP contribution in [0.3, 0.4) is 0 Å². The average molecular weight is 369 g/mol. The van der Waals surface area contributed by atoms with E-state index in [4.69, 9.17) is 17.0 Å². The zero-order chi connectivity index (χ0) is 19.3. The maximum atomic E-state index is 12.8. The van der Waals surface area contributed by atoms with Gasteiger partial charge in [-0.2, -0.15) is 0 Å². The van der Waals surface area contributed by atoms with Crippen molar-refractivity contribution in [3.05, 3.63) is 70.0 Å². The highest BCUT2D eigenvalue weighted by atomic mass is 32.1. The fourth-order valence-corrected chi connectivity index (χ4v) is 2.94. The topological polar surface area (TPSA) is 48.3 Å². The van der Waals surface area contributed by atoms with E-state index in [0.29, 0.717) is 15.8 Å². The Morgan fingerprint density at radius 1 is 1.12 bits per heavy atom. The molecule has 1 aromatic carbocycles. The summed E-state index contributed by atoms with van der Waals surface area (Å²) in [7, 11) is 0. The van der Waals surface area contributed by atoms with E-state index < -0.39 is 5.97 Å². The molecule has 2 aromatic rings. The van der Waals surface area contributed by atoms with Crippen molar-refractivity contribution in [1.82, 2.24) is 4.57 Å². The van der Waals surface area contributed by atoms with E-state index in [-0.39, 0.29) is 23.5 Å².